The van der Waals surface area contributed by atoms with Crippen LogP contribution in [-0.4, -0.2) is 28.3 Å². The van der Waals surface area contributed by atoms with Crippen LogP contribution in [0.3, 0.4) is 0 Å². The van der Waals surface area contributed by atoms with Crippen LogP contribution < -0.4 is 5.32 Å². The molecule has 0 aliphatic rings. The van der Waals surface area contributed by atoms with Crippen molar-refractivity contribution in [2.75, 3.05) is 6.54 Å². The molecule has 0 atom stereocenters. The maximum atomic E-state index is 11.3. The van der Waals surface area contributed by atoms with Gasteiger partial charge in [0.2, 0.25) is 0 Å². The fraction of sp³-hybridized carbons (Fsp3) is 0.636. The maximum Gasteiger partial charge on any atom is 0.407 e. The average Bonchev–Trinajstić information content (AvgIpc) is 2.63. The van der Waals surface area contributed by atoms with Gasteiger partial charge in [-0.15, -0.1) is 11.3 Å². The minimum Gasteiger partial charge on any atom is -0.444 e. The zero-order chi connectivity index (χ0) is 12.9. The second-order valence-corrected chi connectivity index (χ2v) is 5.51. The van der Waals surface area contributed by atoms with Gasteiger partial charge in [-0.3, -0.25) is 0 Å². The third-order valence-electron chi connectivity index (χ3n) is 1.77. The van der Waals surface area contributed by atoms with Crippen LogP contribution in [-0.2, 0) is 17.8 Å². The van der Waals surface area contributed by atoms with E-state index >= 15 is 0 Å². The maximum absolute atomic E-state index is 11.3. The highest BCUT2D eigenvalue weighted by atomic mass is 32.1. The van der Waals surface area contributed by atoms with E-state index in [1.807, 2.05) is 26.2 Å². The van der Waals surface area contributed by atoms with Crippen molar-refractivity contribution in [2.45, 2.75) is 39.4 Å². The molecule has 0 radical (unpaired) electrons. The number of aliphatic hydroxyl groups is 1. The van der Waals surface area contributed by atoms with Crippen LogP contribution in [0.25, 0.3) is 0 Å². The fourth-order valence-corrected chi connectivity index (χ4v) is 1.91. The zero-order valence-electron chi connectivity index (χ0n) is 10.3. The Morgan fingerprint density at radius 1 is 1.59 bits per heavy atom. The Morgan fingerprint density at radius 2 is 2.29 bits per heavy atom. The number of amides is 1. The highest BCUT2D eigenvalue weighted by Gasteiger charge is 2.15. The number of ether oxygens (including phenoxy) is 1. The first-order valence-corrected chi connectivity index (χ1v) is 6.29. The molecular formula is C11H18N2O3S. The Hall–Kier alpha value is -1.14. The summed E-state index contributed by atoms with van der Waals surface area (Å²) in [7, 11) is 0. The van der Waals surface area contributed by atoms with E-state index in [2.05, 4.69) is 10.3 Å². The molecule has 0 aliphatic heterocycles. The van der Waals surface area contributed by atoms with Gasteiger partial charge < -0.3 is 15.2 Å². The number of carbonyl (C=O) groups is 1. The minimum atomic E-state index is -0.477. The Labute approximate surface area is 105 Å². The minimum absolute atomic E-state index is 0.0456. The number of carbonyl (C=O) groups excluding carboxylic acids is 1. The first-order valence-electron chi connectivity index (χ1n) is 5.41. The summed E-state index contributed by atoms with van der Waals surface area (Å²) in [5, 5.41) is 14.2. The number of thiazole rings is 1. The van der Waals surface area contributed by atoms with Crippen molar-refractivity contribution in [1.29, 1.82) is 0 Å². The van der Waals surface area contributed by atoms with Gasteiger partial charge in [0.1, 0.15) is 5.60 Å². The number of hydrogen-bond acceptors (Lipinski definition) is 5. The average molecular weight is 258 g/mol. The molecule has 0 saturated heterocycles. The van der Waals surface area contributed by atoms with Crippen LogP contribution in [0.4, 0.5) is 4.79 Å². The highest BCUT2D eigenvalue weighted by molar-refractivity contribution is 7.09. The van der Waals surface area contributed by atoms with Gasteiger partial charge in [0.25, 0.3) is 0 Å². The van der Waals surface area contributed by atoms with Gasteiger partial charge in [-0.05, 0) is 20.8 Å². The molecule has 0 aromatic carbocycles. The van der Waals surface area contributed by atoms with Crippen molar-refractivity contribution in [3.8, 4) is 0 Å². The predicted molar refractivity (Wildman–Crippen MR) is 66.0 cm³/mol. The van der Waals surface area contributed by atoms with Crippen molar-refractivity contribution < 1.29 is 14.6 Å². The third kappa shape index (κ3) is 5.65. The summed E-state index contributed by atoms with van der Waals surface area (Å²) in [4.78, 5) is 15.5. The van der Waals surface area contributed by atoms with Gasteiger partial charge in [-0.1, -0.05) is 0 Å². The van der Waals surface area contributed by atoms with Crippen molar-refractivity contribution in [3.63, 3.8) is 0 Å². The largest absolute Gasteiger partial charge is 0.444 e. The molecule has 96 valence electrons. The summed E-state index contributed by atoms with van der Waals surface area (Å²) >= 11 is 1.48. The monoisotopic (exact) mass is 258 g/mol. The highest BCUT2D eigenvalue weighted by Crippen LogP contribution is 2.10. The first kappa shape index (κ1) is 13.9. The van der Waals surface area contributed by atoms with E-state index in [-0.39, 0.29) is 6.61 Å². The first-order chi connectivity index (χ1) is 7.90. The molecule has 1 amide bonds. The Kier molecular flexibility index (Phi) is 4.89. The number of hydrogen-bond donors (Lipinski definition) is 2. The standard InChI is InChI=1S/C11H18N2O3S/c1-11(2,3)16-10(15)12-5-4-9-13-8(6-14)7-17-9/h7,14H,4-6H2,1-3H3,(H,12,15). The normalized spacial score (nSPS) is 11.3. The lowest BCUT2D eigenvalue weighted by molar-refractivity contribution is 0.0528. The predicted octanol–water partition coefficient (Wildman–Crippen LogP) is 1.70. The topological polar surface area (TPSA) is 71.5 Å². The van der Waals surface area contributed by atoms with Crippen LogP contribution >= 0.6 is 11.3 Å². The molecule has 6 heteroatoms. The van der Waals surface area contributed by atoms with Crippen LogP contribution in [0.15, 0.2) is 5.38 Å². The van der Waals surface area contributed by atoms with Gasteiger partial charge in [-0.2, -0.15) is 0 Å². The summed E-state index contributed by atoms with van der Waals surface area (Å²) in [6.45, 7) is 5.89. The summed E-state index contributed by atoms with van der Waals surface area (Å²) in [5.74, 6) is 0. The Bertz CT molecular complexity index is 371. The van der Waals surface area contributed by atoms with E-state index in [0.717, 1.165) is 5.01 Å². The molecular weight excluding hydrogens is 240 g/mol. The van der Waals surface area contributed by atoms with Crippen molar-refractivity contribution in [2.24, 2.45) is 0 Å². The van der Waals surface area contributed by atoms with Gasteiger partial charge in [0.05, 0.1) is 17.3 Å². The van der Waals surface area contributed by atoms with Crippen LogP contribution in [0.2, 0.25) is 0 Å². The van der Waals surface area contributed by atoms with Crippen molar-refractivity contribution >= 4 is 17.4 Å². The van der Waals surface area contributed by atoms with Gasteiger partial charge in [0, 0.05) is 18.3 Å². The lowest BCUT2D eigenvalue weighted by atomic mass is 10.2. The fourth-order valence-electron chi connectivity index (χ4n) is 1.12. The number of aliphatic hydroxyl groups excluding tert-OH is 1. The van der Waals surface area contributed by atoms with Crippen LogP contribution in [0, 0.1) is 0 Å². The summed E-state index contributed by atoms with van der Waals surface area (Å²) in [5.41, 5.74) is 0.192. The van der Waals surface area contributed by atoms with Crippen LogP contribution in [0.5, 0.6) is 0 Å². The zero-order valence-corrected chi connectivity index (χ0v) is 11.1. The molecule has 1 heterocycles. The van der Waals surface area contributed by atoms with E-state index in [4.69, 9.17) is 9.84 Å². The molecule has 2 N–H and O–H groups in total. The molecule has 0 bridgehead atoms. The molecule has 0 saturated carbocycles. The van der Waals surface area contributed by atoms with E-state index in [9.17, 15) is 4.79 Å². The number of alkyl carbamates (subject to hydrolysis) is 1. The molecule has 0 aliphatic carbocycles. The molecule has 1 aromatic rings. The van der Waals surface area contributed by atoms with Crippen LogP contribution in [0.1, 0.15) is 31.5 Å². The van der Waals surface area contributed by atoms with E-state index in [1.165, 1.54) is 11.3 Å². The Balaban J connectivity index is 2.26. The number of aromatic nitrogens is 1. The van der Waals surface area contributed by atoms with Gasteiger partial charge in [0.15, 0.2) is 0 Å². The number of rotatable bonds is 4. The molecule has 17 heavy (non-hydrogen) atoms. The molecule has 1 aromatic heterocycles. The third-order valence-corrected chi connectivity index (χ3v) is 2.73. The molecule has 1 rings (SSSR count). The second kappa shape index (κ2) is 5.97. The van der Waals surface area contributed by atoms with Gasteiger partial charge in [-0.25, -0.2) is 9.78 Å². The summed E-state index contributed by atoms with van der Waals surface area (Å²) in [6.07, 6.45) is 0.223. The smallest absolute Gasteiger partial charge is 0.407 e. The molecule has 0 fully saturated rings. The number of nitrogens with zero attached hydrogens (tertiary/aromatic N) is 1. The quantitative estimate of drug-likeness (QED) is 0.862. The summed E-state index contributed by atoms with van der Waals surface area (Å²) < 4.78 is 5.09. The van der Waals surface area contributed by atoms with Crippen molar-refractivity contribution in [3.05, 3.63) is 16.1 Å². The number of nitrogens with one attached hydrogen (secondary N) is 1. The lowest BCUT2D eigenvalue weighted by Gasteiger charge is -2.19. The van der Waals surface area contributed by atoms with Gasteiger partial charge >= 0.3 is 6.09 Å². The van der Waals surface area contributed by atoms with E-state index in [1.54, 1.807) is 0 Å². The second-order valence-electron chi connectivity index (χ2n) is 4.57. The van der Waals surface area contributed by atoms with E-state index < -0.39 is 11.7 Å². The molecule has 0 spiro atoms. The van der Waals surface area contributed by atoms with Crippen molar-refractivity contribution in [1.82, 2.24) is 10.3 Å². The van der Waals surface area contributed by atoms with E-state index in [0.29, 0.717) is 18.7 Å². The molecule has 5 nitrogen and oxygen atoms in total. The molecule has 0 unspecified atom stereocenters. The SMILES string of the molecule is CC(C)(C)OC(=O)NCCc1nc(CO)cs1. The Morgan fingerprint density at radius 3 is 2.82 bits per heavy atom. The lowest BCUT2D eigenvalue weighted by Crippen LogP contribution is -2.33. The summed E-state index contributed by atoms with van der Waals surface area (Å²) in [6, 6.07) is 0.